The lowest BCUT2D eigenvalue weighted by molar-refractivity contribution is -0.132. The molecule has 0 fully saturated rings. The second kappa shape index (κ2) is 7.30. The maximum absolute atomic E-state index is 11.8. The van der Waals surface area contributed by atoms with Crippen LogP contribution in [0.15, 0.2) is 30.3 Å². The standard InChI is InChI=1S/C13H18ClNO2/c1-11(10-17-2)15(13(16)8-14)9-12-6-4-3-5-7-12/h3-7,11H,8-10H2,1-2H3. The SMILES string of the molecule is COCC(C)N(Cc1ccccc1)C(=O)CCl. The summed E-state index contributed by atoms with van der Waals surface area (Å²) in [6, 6.07) is 9.88. The maximum atomic E-state index is 11.8. The maximum Gasteiger partial charge on any atom is 0.238 e. The van der Waals surface area contributed by atoms with E-state index in [1.165, 1.54) is 0 Å². The highest BCUT2D eigenvalue weighted by molar-refractivity contribution is 6.27. The molecule has 1 aromatic rings. The molecule has 0 aliphatic carbocycles. The van der Waals surface area contributed by atoms with E-state index in [4.69, 9.17) is 16.3 Å². The zero-order chi connectivity index (χ0) is 12.7. The average molecular weight is 256 g/mol. The van der Waals surface area contributed by atoms with E-state index >= 15 is 0 Å². The second-order valence-corrected chi connectivity index (χ2v) is 4.21. The first-order chi connectivity index (χ1) is 8.19. The van der Waals surface area contributed by atoms with Crippen molar-refractivity contribution < 1.29 is 9.53 Å². The van der Waals surface area contributed by atoms with Gasteiger partial charge in [-0.25, -0.2) is 0 Å². The van der Waals surface area contributed by atoms with E-state index < -0.39 is 0 Å². The molecule has 0 aliphatic heterocycles. The number of hydrogen-bond acceptors (Lipinski definition) is 2. The lowest BCUT2D eigenvalue weighted by Gasteiger charge is -2.28. The molecule has 1 amide bonds. The van der Waals surface area contributed by atoms with Gasteiger partial charge in [0.05, 0.1) is 12.6 Å². The van der Waals surface area contributed by atoms with Crippen LogP contribution in [0.1, 0.15) is 12.5 Å². The quantitative estimate of drug-likeness (QED) is 0.730. The van der Waals surface area contributed by atoms with Gasteiger partial charge in [0.25, 0.3) is 0 Å². The molecule has 1 unspecified atom stereocenters. The number of rotatable bonds is 6. The van der Waals surface area contributed by atoms with Crippen molar-refractivity contribution in [3.63, 3.8) is 0 Å². The predicted octanol–water partition coefficient (Wildman–Crippen LogP) is 2.29. The molecule has 1 atom stereocenters. The molecule has 1 rings (SSSR count). The van der Waals surface area contributed by atoms with E-state index in [0.717, 1.165) is 5.56 Å². The summed E-state index contributed by atoms with van der Waals surface area (Å²) in [7, 11) is 1.63. The van der Waals surface area contributed by atoms with E-state index in [0.29, 0.717) is 13.2 Å². The third kappa shape index (κ3) is 4.36. The van der Waals surface area contributed by atoms with Gasteiger partial charge in [-0.05, 0) is 12.5 Å². The van der Waals surface area contributed by atoms with Gasteiger partial charge >= 0.3 is 0 Å². The molecule has 94 valence electrons. The summed E-state index contributed by atoms with van der Waals surface area (Å²) in [6.45, 7) is 3.03. The van der Waals surface area contributed by atoms with E-state index in [1.54, 1.807) is 12.0 Å². The Balaban J connectivity index is 2.73. The highest BCUT2D eigenvalue weighted by Crippen LogP contribution is 2.09. The summed E-state index contributed by atoms with van der Waals surface area (Å²) in [5, 5.41) is 0. The van der Waals surface area contributed by atoms with Crippen LogP contribution in [0.5, 0.6) is 0 Å². The van der Waals surface area contributed by atoms with Crippen LogP contribution in [0.4, 0.5) is 0 Å². The number of amides is 1. The molecule has 4 heteroatoms. The zero-order valence-electron chi connectivity index (χ0n) is 10.2. The first-order valence-electron chi connectivity index (χ1n) is 5.57. The van der Waals surface area contributed by atoms with Crippen LogP contribution in [0.25, 0.3) is 0 Å². The summed E-state index contributed by atoms with van der Waals surface area (Å²) in [5.41, 5.74) is 1.09. The molecule has 0 bridgehead atoms. The van der Waals surface area contributed by atoms with Gasteiger partial charge in [0, 0.05) is 13.7 Å². The fraction of sp³-hybridized carbons (Fsp3) is 0.462. The molecular weight excluding hydrogens is 238 g/mol. The molecule has 0 aliphatic rings. The first kappa shape index (κ1) is 14.0. The normalized spacial score (nSPS) is 12.2. The van der Waals surface area contributed by atoms with Crippen molar-refractivity contribution in [2.24, 2.45) is 0 Å². The van der Waals surface area contributed by atoms with Crippen LogP contribution in [0, 0.1) is 0 Å². The molecule has 0 radical (unpaired) electrons. The van der Waals surface area contributed by atoms with Crippen molar-refractivity contribution in [3.05, 3.63) is 35.9 Å². The van der Waals surface area contributed by atoms with Gasteiger partial charge in [-0.1, -0.05) is 30.3 Å². The van der Waals surface area contributed by atoms with Crippen molar-refractivity contribution in [2.45, 2.75) is 19.5 Å². The fourth-order valence-electron chi connectivity index (χ4n) is 1.68. The van der Waals surface area contributed by atoms with E-state index in [2.05, 4.69) is 0 Å². The molecule has 0 heterocycles. The molecular formula is C13H18ClNO2. The Morgan fingerprint density at radius 1 is 1.41 bits per heavy atom. The van der Waals surface area contributed by atoms with Crippen molar-refractivity contribution >= 4 is 17.5 Å². The van der Waals surface area contributed by atoms with Crippen LogP contribution >= 0.6 is 11.6 Å². The van der Waals surface area contributed by atoms with Crippen LogP contribution < -0.4 is 0 Å². The number of methoxy groups -OCH3 is 1. The Labute approximate surface area is 107 Å². The second-order valence-electron chi connectivity index (χ2n) is 3.95. The third-order valence-electron chi connectivity index (χ3n) is 2.57. The van der Waals surface area contributed by atoms with Gasteiger partial charge in [0.15, 0.2) is 0 Å². The Morgan fingerprint density at radius 2 is 2.06 bits per heavy atom. The molecule has 0 aromatic heterocycles. The summed E-state index contributed by atoms with van der Waals surface area (Å²) in [6.07, 6.45) is 0. The Bertz CT molecular complexity index is 343. The minimum Gasteiger partial charge on any atom is -0.383 e. The van der Waals surface area contributed by atoms with Crippen molar-refractivity contribution in [1.29, 1.82) is 0 Å². The fourth-order valence-corrected chi connectivity index (χ4v) is 1.83. The number of alkyl halides is 1. The molecule has 17 heavy (non-hydrogen) atoms. The largest absolute Gasteiger partial charge is 0.383 e. The first-order valence-corrected chi connectivity index (χ1v) is 6.10. The zero-order valence-corrected chi connectivity index (χ0v) is 11.0. The van der Waals surface area contributed by atoms with Gasteiger partial charge in [0.1, 0.15) is 5.88 Å². The number of carbonyl (C=O) groups is 1. The van der Waals surface area contributed by atoms with Crippen molar-refractivity contribution in [3.8, 4) is 0 Å². The molecule has 0 N–H and O–H groups in total. The minimum absolute atomic E-state index is 0.000881. The molecule has 0 spiro atoms. The molecule has 0 saturated carbocycles. The topological polar surface area (TPSA) is 29.5 Å². The highest BCUT2D eigenvalue weighted by atomic mass is 35.5. The summed E-state index contributed by atoms with van der Waals surface area (Å²) in [4.78, 5) is 13.5. The monoisotopic (exact) mass is 255 g/mol. The molecule has 3 nitrogen and oxygen atoms in total. The van der Waals surface area contributed by atoms with Crippen LogP contribution in [0.2, 0.25) is 0 Å². The summed E-state index contributed by atoms with van der Waals surface area (Å²) in [5.74, 6) is -0.0685. The van der Waals surface area contributed by atoms with E-state index in [1.807, 2.05) is 37.3 Å². The Morgan fingerprint density at radius 3 is 2.59 bits per heavy atom. The number of halogens is 1. The number of ether oxygens (including phenoxy) is 1. The minimum atomic E-state index is -0.0694. The average Bonchev–Trinajstić information content (AvgIpc) is 2.36. The Hall–Kier alpha value is -1.06. The van der Waals surface area contributed by atoms with Gasteiger partial charge in [-0.15, -0.1) is 11.6 Å². The lowest BCUT2D eigenvalue weighted by atomic mass is 10.2. The molecule has 1 aromatic carbocycles. The third-order valence-corrected chi connectivity index (χ3v) is 2.80. The number of hydrogen-bond donors (Lipinski definition) is 0. The van der Waals surface area contributed by atoms with Gasteiger partial charge in [0.2, 0.25) is 5.91 Å². The lowest BCUT2D eigenvalue weighted by Crippen LogP contribution is -2.41. The smallest absolute Gasteiger partial charge is 0.238 e. The van der Waals surface area contributed by atoms with Crippen LogP contribution in [-0.4, -0.2) is 36.4 Å². The van der Waals surface area contributed by atoms with Crippen LogP contribution in [-0.2, 0) is 16.1 Å². The van der Waals surface area contributed by atoms with Crippen molar-refractivity contribution in [1.82, 2.24) is 4.90 Å². The molecule has 0 saturated heterocycles. The van der Waals surface area contributed by atoms with Crippen LogP contribution in [0.3, 0.4) is 0 Å². The summed E-state index contributed by atoms with van der Waals surface area (Å²) >= 11 is 5.63. The number of carbonyl (C=O) groups excluding carboxylic acids is 1. The van der Waals surface area contributed by atoms with Crippen molar-refractivity contribution in [2.75, 3.05) is 19.6 Å². The van der Waals surface area contributed by atoms with Gasteiger partial charge in [-0.2, -0.15) is 0 Å². The highest BCUT2D eigenvalue weighted by Gasteiger charge is 2.19. The van der Waals surface area contributed by atoms with Gasteiger partial charge in [-0.3, -0.25) is 4.79 Å². The number of benzene rings is 1. The Kier molecular flexibility index (Phi) is 6.01. The number of nitrogens with zero attached hydrogens (tertiary/aromatic N) is 1. The summed E-state index contributed by atoms with van der Waals surface area (Å²) < 4.78 is 5.08. The van der Waals surface area contributed by atoms with E-state index in [-0.39, 0.29) is 17.8 Å². The predicted molar refractivity (Wildman–Crippen MR) is 69.1 cm³/mol. The van der Waals surface area contributed by atoms with Gasteiger partial charge < -0.3 is 9.64 Å². The van der Waals surface area contributed by atoms with E-state index in [9.17, 15) is 4.79 Å².